The zero-order valence-corrected chi connectivity index (χ0v) is 10.1. The van der Waals surface area contributed by atoms with E-state index in [9.17, 15) is 10.2 Å². The third-order valence-electron chi connectivity index (χ3n) is 1.87. The minimum atomic E-state index is -1.32. The van der Waals surface area contributed by atoms with Crippen LogP contribution in [0.4, 0.5) is 0 Å². The molecule has 74 valence electrons. The molecule has 0 spiro atoms. The largest absolute Gasteiger partial charge is 1.00 e. The predicted octanol–water partition coefficient (Wildman–Crippen LogP) is -5.17. The maximum Gasteiger partial charge on any atom is 1.00 e. The molecule has 1 fully saturated rings. The molecule has 0 unspecified atom stereocenters. The number of hydrogen-bond acceptors (Lipinski definition) is 6. The third-order valence-corrected chi connectivity index (χ3v) is 2.29. The monoisotopic (exact) mass is 220 g/mol. The van der Waals surface area contributed by atoms with Gasteiger partial charge in [0, 0.05) is 0 Å². The van der Waals surface area contributed by atoms with Gasteiger partial charge in [-0.1, -0.05) is 0 Å². The van der Waals surface area contributed by atoms with Crippen molar-refractivity contribution >= 4 is 12.6 Å². The number of hydrogen-bond donors (Lipinski definition) is 5. The maximum atomic E-state index is 9.20. The predicted molar refractivity (Wildman–Crippen MR) is 43.9 cm³/mol. The third kappa shape index (κ3) is 3.05. The van der Waals surface area contributed by atoms with Crippen molar-refractivity contribution < 1.29 is 56.1 Å². The minimum Gasteiger partial charge on any atom is -1.00 e. The van der Waals surface area contributed by atoms with Gasteiger partial charge in [-0.25, -0.2) is 0 Å². The first-order chi connectivity index (χ1) is 5.57. The molecule has 4 N–H and O–H groups in total. The fourth-order valence-electron chi connectivity index (χ4n) is 1.08. The summed E-state index contributed by atoms with van der Waals surface area (Å²) in [4.78, 5) is 0. The van der Waals surface area contributed by atoms with E-state index in [1.165, 1.54) is 0 Å². The van der Waals surface area contributed by atoms with E-state index >= 15 is 0 Å². The number of rotatable bonds is 1. The Hall–Kier alpha value is 1.15. The van der Waals surface area contributed by atoms with E-state index in [2.05, 4.69) is 12.6 Å². The van der Waals surface area contributed by atoms with Crippen LogP contribution in [-0.4, -0.2) is 56.9 Å². The van der Waals surface area contributed by atoms with Gasteiger partial charge >= 0.3 is 29.6 Å². The quantitative estimate of drug-likeness (QED) is 0.225. The average Bonchev–Trinajstić information content (AvgIpc) is 2.08. The zero-order chi connectivity index (χ0) is 9.30. The van der Waals surface area contributed by atoms with Gasteiger partial charge in [0.2, 0.25) is 0 Å². The smallest absolute Gasteiger partial charge is 1.00 e. The van der Waals surface area contributed by atoms with Crippen molar-refractivity contribution in [2.75, 3.05) is 6.61 Å². The fraction of sp³-hybridized carbons (Fsp3) is 1.00. The minimum absolute atomic E-state index is 0. The maximum absolute atomic E-state index is 9.20. The molecular formula is C6H13NaO5S. The van der Waals surface area contributed by atoms with Crippen molar-refractivity contribution in [3.05, 3.63) is 0 Å². The SMILES string of the molecule is OC[C@H]1O[C@@H](S)[C@H](O)[C@@H](O)[C@@H]1O.[H-].[Na+]. The number of aliphatic hydroxyl groups excluding tert-OH is 4. The van der Waals surface area contributed by atoms with Gasteiger partial charge in [-0.05, 0) is 0 Å². The average molecular weight is 220 g/mol. The van der Waals surface area contributed by atoms with Crippen LogP contribution in [0.2, 0.25) is 0 Å². The molecule has 1 aliphatic heterocycles. The Labute approximate surface area is 105 Å². The van der Waals surface area contributed by atoms with Crippen molar-refractivity contribution in [2.24, 2.45) is 0 Å². The standard InChI is InChI=1S/C6H12O5S.Na.H/c7-1-2-3(8)4(9)5(10)6(12)11-2;;/h2-10,12H,1H2;;/q;+1;-1/t2-,3-,4+,5-,6+;;/m1../s1. The summed E-state index contributed by atoms with van der Waals surface area (Å²) in [5.74, 6) is 0. The zero-order valence-electron chi connectivity index (χ0n) is 8.24. The molecule has 0 bridgehead atoms. The molecule has 7 heteroatoms. The van der Waals surface area contributed by atoms with Gasteiger partial charge in [0.05, 0.1) is 6.61 Å². The van der Waals surface area contributed by atoms with E-state index in [1.54, 1.807) is 0 Å². The van der Waals surface area contributed by atoms with Crippen LogP contribution in [0.25, 0.3) is 0 Å². The normalized spacial score (nSPS) is 45.5. The molecule has 1 aliphatic rings. The molecule has 0 saturated carbocycles. The molecule has 0 amide bonds. The molecule has 0 radical (unpaired) electrons. The van der Waals surface area contributed by atoms with Crippen LogP contribution in [0.1, 0.15) is 1.43 Å². The fourth-order valence-corrected chi connectivity index (χ4v) is 1.41. The molecule has 13 heavy (non-hydrogen) atoms. The molecule has 5 atom stereocenters. The second-order valence-electron chi connectivity index (χ2n) is 2.72. The van der Waals surface area contributed by atoms with Crippen molar-refractivity contribution in [3.63, 3.8) is 0 Å². The second kappa shape index (κ2) is 5.89. The van der Waals surface area contributed by atoms with E-state index in [4.69, 9.17) is 14.9 Å². The molecular weight excluding hydrogens is 207 g/mol. The van der Waals surface area contributed by atoms with E-state index in [0.717, 1.165) is 0 Å². The van der Waals surface area contributed by atoms with Crippen LogP contribution < -0.4 is 29.6 Å². The van der Waals surface area contributed by atoms with Crippen molar-refractivity contribution in [1.82, 2.24) is 0 Å². The van der Waals surface area contributed by atoms with E-state index in [0.29, 0.717) is 0 Å². The first-order valence-electron chi connectivity index (χ1n) is 3.56. The van der Waals surface area contributed by atoms with Crippen molar-refractivity contribution in [2.45, 2.75) is 29.9 Å². The van der Waals surface area contributed by atoms with Gasteiger partial charge in [0.1, 0.15) is 29.9 Å². The number of thiol groups is 1. The van der Waals surface area contributed by atoms with Gasteiger partial charge in [-0.3, -0.25) is 0 Å². The summed E-state index contributed by atoms with van der Waals surface area (Å²) in [6.07, 6.45) is -4.70. The Balaban J connectivity index is 0. The Morgan fingerprint density at radius 2 is 1.69 bits per heavy atom. The van der Waals surface area contributed by atoms with Crippen LogP contribution in [0.3, 0.4) is 0 Å². The first-order valence-corrected chi connectivity index (χ1v) is 4.08. The van der Waals surface area contributed by atoms with Crippen LogP contribution in [-0.2, 0) is 4.74 Å². The number of ether oxygens (including phenoxy) is 1. The van der Waals surface area contributed by atoms with Crippen LogP contribution in [0.5, 0.6) is 0 Å². The Morgan fingerprint density at radius 1 is 1.15 bits per heavy atom. The van der Waals surface area contributed by atoms with Gasteiger partial charge in [0.25, 0.3) is 0 Å². The summed E-state index contributed by atoms with van der Waals surface area (Å²) in [5, 5.41) is 36.2. The molecule has 5 nitrogen and oxygen atoms in total. The number of aliphatic hydroxyl groups is 4. The van der Waals surface area contributed by atoms with Gasteiger partial charge in [-0.2, -0.15) is 0 Å². The van der Waals surface area contributed by atoms with Crippen LogP contribution in [0.15, 0.2) is 0 Å². The Morgan fingerprint density at radius 3 is 2.15 bits per heavy atom. The summed E-state index contributed by atoms with van der Waals surface area (Å²) in [5.41, 5.74) is -0.874. The van der Waals surface area contributed by atoms with Crippen LogP contribution in [0, 0.1) is 0 Å². The molecule has 0 aromatic carbocycles. The molecule has 1 rings (SSSR count). The summed E-state index contributed by atoms with van der Waals surface area (Å²) < 4.78 is 4.88. The molecule has 1 heterocycles. The van der Waals surface area contributed by atoms with Crippen molar-refractivity contribution in [1.29, 1.82) is 0 Å². The Kier molecular flexibility index (Phi) is 6.41. The second-order valence-corrected chi connectivity index (χ2v) is 3.23. The molecule has 0 aromatic rings. The molecule has 0 aliphatic carbocycles. The molecule has 0 aromatic heterocycles. The summed E-state index contributed by atoms with van der Waals surface area (Å²) in [6.45, 7) is -0.415. The molecule has 1 saturated heterocycles. The van der Waals surface area contributed by atoms with Crippen LogP contribution >= 0.6 is 12.6 Å². The Bertz CT molecular complexity index is 160. The topological polar surface area (TPSA) is 90.2 Å². The van der Waals surface area contributed by atoms with Gasteiger partial charge in [0.15, 0.2) is 0 Å². The van der Waals surface area contributed by atoms with Crippen molar-refractivity contribution in [3.8, 4) is 0 Å². The van der Waals surface area contributed by atoms with E-state index in [-0.39, 0.29) is 31.0 Å². The summed E-state index contributed by atoms with van der Waals surface area (Å²) >= 11 is 3.81. The van der Waals surface area contributed by atoms with Gasteiger partial charge < -0.3 is 26.6 Å². The van der Waals surface area contributed by atoms with E-state index in [1.807, 2.05) is 0 Å². The van der Waals surface area contributed by atoms with E-state index < -0.39 is 36.5 Å². The summed E-state index contributed by atoms with van der Waals surface area (Å²) in [7, 11) is 0. The first kappa shape index (κ1) is 14.2. The summed E-state index contributed by atoms with van der Waals surface area (Å²) in [6, 6.07) is 0. The van der Waals surface area contributed by atoms with Gasteiger partial charge in [-0.15, -0.1) is 12.6 Å².